The Labute approximate surface area is 112 Å². The first-order valence-electron chi connectivity index (χ1n) is 6.42. The fraction of sp³-hybridized carbons (Fsp3) is 0.692. The predicted octanol–water partition coefficient (Wildman–Crippen LogP) is 1.98. The van der Waals surface area contributed by atoms with Gasteiger partial charge in [0.15, 0.2) is 0 Å². The summed E-state index contributed by atoms with van der Waals surface area (Å²) >= 11 is 1.57. The van der Waals surface area contributed by atoms with Crippen LogP contribution in [-0.4, -0.2) is 34.9 Å². The largest absolute Gasteiger partial charge is 0.336 e. The molecule has 1 N–H and O–H groups in total. The lowest BCUT2D eigenvalue weighted by Gasteiger charge is -2.38. The number of fused-ring (bicyclic) bond motifs is 1. The number of nitrogens with one attached hydrogen (secondary N) is 1. The zero-order valence-electron chi connectivity index (χ0n) is 11.5. The molecule has 4 nitrogen and oxygen atoms in total. The molecule has 0 aromatic carbocycles. The molecule has 0 radical (unpaired) electrons. The van der Waals surface area contributed by atoms with E-state index in [-0.39, 0.29) is 17.5 Å². The highest BCUT2D eigenvalue weighted by molar-refractivity contribution is 7.10. The molecule has 1 aromatic heterocycles. The third-order valence-corrected chi connectivity index (χ3v) is 4.84. The molecule has 2 heterocycles. The van der Waals surface area contributed by atoms with Gasteiger partial charge >= 0.3 is 0 Å². The topological polar surface area (TPSA) is 45.2 Å². The Hall–Kier alpha value is -0.940. The summed E-state index contributed by atoms with van der Waals surface area (Å²) in [6.45, 7) is 7.14. The van der Waals surface area contributed by atoms with E-state index >= 15 is 0 Å². The van der Waals surface area contributed by atoms with Gasteiger partial charge in [-0.05, 0) is 27.3 Å². The molecule has 0 spiro atoms. The maximum absolute atomic E-state index is 12.7. The minimum atomic E-state index is -0.235. The summed E-state index contributed by atoms with van der Waals surface area (Å²) in [4.78, 5) is 20.2. The molecule has 2 rings (SSSR count). The van der Waals surface area contributed by atoms with Crippen molar-refractivity contribution in [3.8, 4) is 0 Å². The Morgan fingerprint density at radius 3 is 2.94 bits per heavy atom. The Bertz CT molecular complexity index is 441. The lowest BCUT2D eigenvalue weighted by Crippen LogP contribution is -2.50. The molecule has 1 amide bonds. The van der Waals surface area contributed by atoms with Gasteiger partial charge in [0.25, 0.3) is 0 Å². The summed E-state index contributed by atoms with van der Waals surface area (Å²) in [5, 5.41) is 3.14. The minimum absolute atomic E-state index is 0.0969. The first kappa shape index (κ1) is 13.5. The Morgan fingerprint density at radius 1 is 1.61 bits per heavy atom. The summed E-state index contributed by atoms with van der Waals surface area (Å²) < 4.78 is 0. The minimum Gasteiger partial charge on any atom is -0.336 e. The molecule has 0 aliphatic carbocycles. The molecule has 1 aromatic rings. The van der Waals surface area contributed by atoms with Gasteiger partial charge in [0, 0.05) is 18.5 Å². The number of hydrogen-bond acceptors (Lipinski definition) is 4. The zero-order chi connectivity index (χ0) is 13.3. The van der Waals surface area contributed by atoms with E-state index in [1.165, 1.54) is 0 Å². The fourth-order valence-corrected chi connectivity index (χ4v) is 3.28. The van der Waals surface area contributed by atoms with Crippen molar-refractivity contribution in [2.45, 2.75) is 45.2 Å². The van der Waals surface area contributed by atoms with Gasteiger partial charge < -0.3 is 10.2 Å². The molecule has 1 atom stereocenters. The number of rotatable bonds is 3. The molecule has 1 unspecified atom stereocenters. The van der Waals surface area contributed by atoms with Gasteiger partial charge in [-0.25, -0.2) is 4.98 Å². The van der Waals surface area contributed by atoms with Gasteiger partial charge in [0.1, 0.15) is 6.04 Å². The van der Waals surface area contributed by atoms with Gasteiger partial charge in [0.2, 0.25) is 5.91 Å². The highest BCUT2D eigenvalue weighted by Crippen LogP contribution is 2.31. The molecular formula is C13H21N3OS. The smallest absolute Gasteiger partial charge is 0.245 e. The average molecular weight is 267 g/mol. The molecular weight excluding hydrogens is 246 g/mol. The van der Waals surface area contributed by atoms with Crippen LogP contribution in [0.3, 0.4) is 0 Å². The molecule has 1 aliphatic heterocycles. The normalized spacial score (nSPS) is 20.8. The summed E-state index contributed by atoms with van der Waals surface area (Å²) in [7, 11) is 1.84. The summed E-state index contributed by atoms with van der Waals surface area (Å²) in [6.07, 6.45) is 1.81. The summed E-state index contributed by atoms with van der Waals surface area (Å²) in [6, 6.07) is -0.235. The monoisotopic (exact) mass is 267 g/mol. The van der Waals surface area contributed by atoms with Gasteiger partial charge in [-0.2, -0.15) is 0 Å². The standard InChI is InChI=1S/C13H21N3OS/c1-5-13(2,3)16-7-6-9-11(18-8-15-9)10(14-4)12(16)17/h8,10,14H,5-7H2,1-4H3. The fourth-order valence-electron chi connectivity index (χ4n) is 2.34. The second-order valence-corrected chi connectivity index (χ2v) is 6.18. The molecule has 0 bridgehead atoms. The van der Waals surface area contributed by atoms with Crippen molar-refractivity contribution >= 4 is 17.2 Å². The zero-order valence-corrected chi connectivity index (χ0v) is 12.3. The van der Waals surface area contributed by atoms with Crippen LogP contribution in [0.1, 0.15) is 43.8 Å². The molecule has 100 valence electrons. The summed E-state index contributed by atoms with van der Waals surface area (Å²) in [5.74, 6) is 0.173. The predicted molar refractivity (Wildman–Crippen MR) is 73.7 cm³/mol. The number of nitrogens with zero attached hydrogens (tertiary/aromatic N) is 2. The maximum atomic E-state index is 12.7. The van der Waals surface area contributed by atoms with E-state index in [0.717, 1.165) is 30.0 Å². The van der Waals surface area contributed by atoms with E-state index in [9.17, 15) is 4.79 Å². The van der Waals surface area contributed by atoms with Crippen LogP contribution < -0.4 is 5.32 Å². The second-order valence-electron chi connectivity index (χ2n) is 5.29. The van der Waals surface area contributed by atoms with Crippen LogP contribution in [0.5, 0.6) is 0 Å². The van der Waals surface area contributed by atoms with Crippen LogP contribution in [0.25, 0.3) is 0 Å². The highest BCUT2D eigenvalue weighted by atomic mass is 32.1. The van der Waals surface area contributed by atoms with Gasteiger partial charge in [-0.15, -0.1) is 11.3 Å². The van der Waals surface area contributed by atoms with E-state index in [4.69, 9.17) is 0 Å². The van der Waals surface area contributed by atoms with Gasteiger partial charge in [-0.1, -0.05) is 6.92 Å². The Kier molecular flexibility index (Phi) is 3.73. The number of carbonyl (C=O) groups is 1. The molecule has 0 saturated heterocycles. The lowest BCUT2D eigenvalue weighted by atomic mass is 9.98. The number of aromatic nitrogens is 1. The van der Waals surface area contributed by atoms with Crippen molar-refractivity contribution in [1.82, 2.24) is 15.2 Å². The number of likely N-dealkylation sites (N-methyl/N-ethyl adjacent to an activating group) is 1. The van der Waals surface area contributed by atoms with E-state index in [2.05, 4.69) is 31.1 Å². The van der Waals surface area contributed by atoms with Crippen LogP contribution in [0.4, 0.5) is 0 Å². The Morgan fingerprint density at radius 2 is 2.33 bits per heavy atom. The van der Waals surface area contributed by atoms with Crippen molar-refractivity contribution in [3.05, 3.63) is 16.1 Å². The van der Waals surface area contributed by atoms with Crippen molar-refractivity contribution < 1.29 is 4.79 Å². The van der Waals surface area contributed by atoms with Crippen molar-refractivity contribution in [3.63, 3.8) is 0 Å². The maximum Gasteiger partial charge on any atom is 0.245 e. The van der Waals surface area contributed by atoms with Gasteiger partial charge in [-0.3, -0.25) is 4.79 Å². The molecule has 18 heavy (non-hydrogen) atoms. The van der Waals surface area contributed by atoms with E-state index < -0.39 is 0 Å². The van der Waals surface area contributed by atoms with Crippen LogP contribution in [-0.2, 0) is 11.2 Å². The van der Waals surface area contributed by atoms with E-state index in [1.54, 1.807) is 11.3 Å². The number of hydrogen-bond donors (Lipinski definition) is 1. The second kappa shape index (κ2) is 4.97. The van der Waals surface area contributed by atoms with Crippen molar-refractivity contribution in [2.24, 2.45) is 0 Å². The molecule has 0 saturated carbocycles. The average Bonchev–Trinajstić information content (AvgIpc) is 2.74. The molecule has 0 fully saturated rings. The first-order chi connectivity index (χ1) is 8.51. The van der Waals surface area contributed by atoms with E-state index in [1.807, 2.05) is 17.5 Å². The van der Waals surface area contributed by atoms with Gasteiger partial charge in [0.05, 0.1) is 16.1 Å². The number of amides is 1. The van der Waals surface area contributed by atoms with Crippen LogP contribution in [0.2, 0.25) is 0 Å². The Balaban J connectivity index is 2.36. The first-order valence-corrected chi connectivity index (χ1v) is 7.30. The van der Waals surface area contributed by atoms with Crippen LogP contribution in [0, 0.1) is 0 Å². The number of thiazole rings is 1. The van der Waals surface area contributed by atoms with E-state index in [0.29, 0.717) is 0 Å². The number of carbonyl (C=O) groups excluding carboxylic acids is 1. The van der Waals surface area contributed by atoms with Crippen LogP contribution in [0.15, 0.2) is 5.51 Å². The quantitative estimate of drug-likeness (QED) is 0.911. The molecule has 1 aliphatic rings. The van der Waals surface area contributed by atoms with Crippen LogP contribution >= 0.6 is 11.3 Å². The molecule has 5 heteroatoms. The highest BCUT2D eigenvalue weighted by Gasteiger charge is 2.37. The summed E-state index contributed by atoms with van der Waals surface area (Å²) in [5.41, 5.74) is 2.81. The SMILES string of the molecule is CCC(C)(C)N1CCc2ncsc2C(NC)C1=O. The third-order valence-electron chi connectivity index (χ3n) is 3.90. The van der Waals surface area contributed by atoms with Crippen molar-refractivity contribution in [2.75, 3.05) is 13.6 Å². The van der Waals surface area contributed by atoms with Crippen molar-refractivity contribution in [1.29, 1.82) is 0 Å². The lowest BCUT2D eigenvalue weighted by molar-refractivity contribution is -0.138. The third kappa shape index (κ3) is 2.17.